The Labute approximate surface area is 94.6 Å². The van der Waals surface area contributed by atoms with E-state index in [9.17, 15) is 10.1 Å². The number of non-ortho nitro benzene ring substituents is 1. The maximum atomic E-state index is 10.5. The summed E-state index contributed by atoms with van der Waals surface area (Å²) in [6.45, 7) is 2.27. The lowest BCUT2D eigenvalue weighted by atomic mass is 10.1. The van der Waals surface area contributed by atoms with Crippen LogP contribution in [0.5, 0.6) is 0 Å². The molecule has 1 aromatic carbocycles. The summed E-state index contributed by atoms with van der Waals surface area (Å²) in [5.41, 5.74) is 1.12. The fraction of sp³-hybridized carbons (Fsp3) is 0.455. The predicted molar refractivity (Wildman–Crippen MR) is 61.5 cm³/mol. The lowest BCUT2D eigenvalue weighted by Gasteiger charge is -2.03. The molecular weight excluding hydrogens is 208 g/mol. The van der Waals surface area contributed by atoms with E-state index in [1.165, 1.54) is 6.07 Å². The molecule has 1 N–H and O–H groups in total. The van der Waals surface area contributed by atoms with Crippen LogP contribution in [0, 0.1) is 10.1 Å². The molecule has 1 aromatic rings. The zero-order valence-electron chi connectivity index (χ0n) is 9.31. The average molecular weight is 224 g/mol. The molecule has 1 rings (SSSR count). The Morgan fingerprint density at radius 2 is 2.25 bits per heavy atom. The Hall–Kier alpha value is -1.46. The molecule has 0 radical (unpaired) electrons. The third-order valence-corrected chi connectivity index (χ3v) is 2.19. The quantitative estimate of drug-likeness (QED) is 0.431. The van der Waals surface area contributed by atoms with Crippen molar-refractivity contribution < 1.29 is 9.66 Å². The second kappa shape index (κ2) is 6.92. The molecule has 0 saturated carbocycles. The summed E-state index contributed by atoms with van der Waals surface area (Å²) >= 11 is 0. The summed E-state index contributed by atoms with van der Waals surface area (Å²) in [6, 6.07) is 6.72. The summed E-state index contributed by atoms with van der Waals surface area (Å²) in [5, 5.41) is 13.7. The molecule has 0 saturated heterocycles. The number of nitrogens with one attached hydrogen (secondary N) is 1. The van der Waals surface area contributed by atoms with Crippen molar-refractivity contribution in [2.45, 2.75) is 6.42 Å². The lowest BCUT2D eigenvalue weighted by Crippen LogP contribution is -2.21. The highest BCUT2D eigenvalue weighted by atomic mass is 16.6. The Balaban J connectivity index is 2.36. The minimum absolute atomic E-state index is 0.148. The van der Waals surface area contributed by atoms with Crippen LogP contribution in [0.1, 0.15) is 5.56 Å². The molecule has 5 nitrogen and oxygen atoms in total. The molecule has 0 unspecified atom stereocenters. The van der Waals surface area contributed by atoms with Gasteiger partial charge < -0.3 is 10.1 Å². The smallest absolute Gasteiger partial charge is 0.269 e. The second-order valence-corrected chi connectivity index (χ2v) is 3.42. The van der Waals surface area contributed by atoms with Crippen molar-refractivity contribution in [3.05, 3.63) is 39.9 Å². The van der Waals surface area contributed by atoms with Crippen LogP contribution in [0.3, 0.4) is 0 Å². The molecule has 0 aliphatic rings. The van der Waals surface area contributed by atoms with E-state index in [0.29, 0.717) is 6.61 Å². The van der Waals surface area contributed by atoms with Crippen LogP contribution in [0.4, 0.5) is 5.69 Å². The maximum absolute atomic E-state index is 10.5. The van der Waals surface area contributed by atoms with Crippen LogP contribution in [0.15, 0.2) is 24.3 Å². The first-order chi connectivity index (χ1) is 7.74. The highest BCUT2D eigenvalue weighted by molar-refractivity contribution is 5.34. The summed E-state index contributed by atoms with van der Waals surface area (Å²) in [4.78, 5) is 10.2. The minimum Gasteiger partial charge on any atom is -0.383 e. The number of hydrogen-bond acceptors (Lipinski definition) is 4. The number of nitrogens with zero attached hydrogens (tertiary/aromatic N) is 1. The van der Waals surface area contributed by atoms with Crippen LogP contribution >= 0.6 is 0 Å². The SMILES string of the molecule is COCCNCCc1cccc([N+](=O)[O-])c1. The first-order valence-electron chi connectivity index (χ1n) is 5.17. The summed E-state index contributed by atoms with van der Waals surface area (Å²) in [5.74, 6) is 0. The number of benzene rings is 1. The standard InChI is InChI=1S/C11H16N2O3/c1-16-8-7-12-6-5-10-3-2-4-11(9-10)13(14)15/h2-4,9,12H,5-8H2,1H3. The molecule has 88 valence electrons. The van der Waals surface area contributed by atoms with Gasteiger partial charge in [0.2, 0.25) is 0 Å². The molecular formula is C11H16N2O3. The topological polar surface area (TPSA) is 64.4 Å². The Kier molecular flexibility index (Phi) is 5.45. The van der Waals surface area contributed by atoms with Crippen molar-refractivity contribution in [1.82, 2.24) is 5.32 Å². The van der Waals surface area contributed by atoms with Crippen molar-refractivity contribution in [3.8, 4) is 0 Å². The lowest BCUT2D eigenvalue weighted by molar-refractivity contribution is -0.384. The molecule has 0 aliphatic heterocycles. The highest BCUT2D eigenvalue weighted by Gasteiger charge is 2.04. The zero-order chi connectivity index (χ0) is 11.8. The second-order valence-electron chi connectivity index (χ2n) is 3.42. The van der Waals surface area contributed by atoms with Gasteiger partial charge >= 0.3 is 0 Å². The Morgan fingerprint density at radius 3 is 2.94 bits per heavy atom. The predicted octanol–water partition coefficient (Wildman–Crippen LogP) is 1.37. The molecule has 0 bridgehead atoms. The zero-order valence-corrected chi connectivity index (χ0v) is 9.31. The number of rotatable bonds is 7. The monoisotopic (exact) mass is 224 g/mol. The van der Waals surface area contributed by atoms with Crippen LogP contribution in [-0.4, -0.2) is 31.7 Å². The third-order valence-electron chi connectivity index (χ3n) is 2.19. The molecule has 0 aromatic heterocycles. The molecule has 0 fully saturated rings. The van der Waals surface area contributed by atoms with E-state index in [0.717, 1.165) is 25.1 Å². The fourth-order valence-electron chi connectivity index (χ4n) is 1.36. The maximum Gasteiger partial charge on any atom is 0.269 e. The molecule has 0 atom stereocenters. The van der Waals surface area contributed by atoms with Gasteiger partial charge in [-0.05, 0) is 18.5 Å². The van der Waals surface area contributed by atoms with E-state index in [1.807, 2.05) is 6.07 Å². The van der Waals surface area contributed by atoms with Crippen molar-refractivity contribution in [2.75, 3.05) is 26.8 Å². The van der Waals surface area contributed by atoms with Crippen LogP contribution in [-0.2, 0) is 11.2 Å². The number of hydrogen-bond donors (Lipinski definition) is 1. The number of nitro groups is 1. The summed E-state index contributed by atoms with van der Waals surface area (Å²) in [7, 11) is 1.65. The van der Waals surface area contributed by atoms with Crippen LogP contribution in [0.2, 0.25) is 0 Å². The van der Waals surface area contributed by atoms with Gasteiger partial charge in [-0.2, -0.15) is 0 Å². The van der Waals surface area contributed by atoms with Crippen molar-refractivity contribution in [1.29, 1.82) is 0 Å². The molecule has 16 heavy (non-hydrogen) atoms. The highest BCUT2D eigenvalue weighted by Crippen LogP contribution is 2.12. The van der Waals surface area contributed by atoms with Gasteiger partial charge in [0, 0.05) is 25.8 Å². The van der Waals surface area contributed by atoms with E-state index >= 15 is 0 Å². The van der Waals surface area contributed by atoms with E-state index in [-0.39, 0.29) is 10.6 Å². The van der Waals surface area contributed by atoms with Gasteiger partial charge in [0.05, 0.1) is 11.5 Å². The van der Waals surface area contributed by atoms with E-state index < -0.39 is 0 Å². The average Bonchev–Trinajstić information content (AvgIpc) is 2.29. The number of nitro benzene ring substituents is 1. The van der Waals surface area contributed by atoms with Crippen LogP contribution < -0.4 is 5.32 Å². The van der Waals surface area contributed by atoms with Gasteiger partial charge in [0.15, 0.2) is 0 Å². The van der Waals surface area contributed by atoms with E-state index in [4.69, 9.17) is 4.74 Å². The first kappa shape index (κ1) is 12.6. The first-order valence-corrected chi connectivity index (χ1v) is 5.17. The Morgan fingerprint density at radius 1 is 1.44 bits per heavy atom. The molecule has 0 heterocycles. The fourth-order valence-corrected chi connectivity index (χ4v) is 1.36. The summed E-state index contributed by atoms with van der Waals surface area (Å²) in [6.07, 6.45) is 0.783. The van der Waals surface area contributed by atoms with Gasteiger partial charge in [-0.3, -0.25) is 10.1 Å². The third kappa shape index (κ3) is 4.37. The molecule has 5 heteroatoms. The molecule has 0 aliphatic carbocycles. The molecule has 0 amide bonds. The van der Waals surface area contributed by atoms with Gasteiger partial charge in [-0.1, -0.05) is 12.1 Å². The Bertz CT molecular complexity index is 342. The number of methoxy groups -OCH3 is 1. The van der Waals surface area contributed by atoms with Crippen molar-refractivity contribution in [3.63, 3.8) is 0 Å². The largest absolute Gasteiger partial charge is 0.383 e. The van der Waals surface area contributed by atoms with Gasteiger partial charge in [-0.25, -0.2) is 0 Å². The molecule has 0 spiro atoms. The number of ether oxygens (including phenoxy) is 1. The van der Waals surface area contributed by atoms with Crippen LogP contribution in [0.25, 0.3) is 0 Å². The summed E-state index contributed by atoms with van der Waals surface area (Å²) < 4.78 is 4.89. The normalized spacial score (nSPS) is 10.3. The van der Waals surface area contributed by atoms with Crippen molar-refractivity contribution >= 4 is 5.69 Å². The van der Waals surface area contributed by atoms with E-state index in [2.05, 4.69) is 5.32 Å². The minimum atomic E-state index is -0.373. The van der Waals surface area contributed by atoms with Gasteiger partial charge in [0.25, 0.3) is 5.69 Å². The van der Waals surface area contributed by atoms with Crippen molar-refractivity contribution in [2.24, 2.45) is 0 Å². The van der Waals surface area contributed by atoms with Gasteiger partial charge in [-0.15, -0.1) is 0 Å². The van der Waals surface area contributed by atoms with Gasteiger partial charge in [0.1, 0.15) is 0 Å². The van der Waals surface area contributed by atoms with E-state index in [1.54, 1.807) is 19.2 Å².